The van der Waals surface area contributed by atoms with Crippen LogP contribution in [-0.2, 0) is 18.4 Å². The number of aryl methyl sites for hydroxylation is 2. The zero-order valence-electron chi connectivity index (χ0n) is 14.7. The molecule has 0 bridgehead atoms. The van der Waals surface area contributed by atoms with Crippen molar-refractivity contribution in [2.24, 2.45) is 7.05 Å². The van der Waals surface area contributed by atoms with E-state index in [2.05, 4.69) is 15.6 Å². The zero-order valence-corrected chi connectivity index (χ0v) is 14.7. The monoisotopic (exact) mass is 337 g/mol. The van der Waals surface area contributed by atoms with E-state index in [-0.39, 0.29) is 5.56 Å². The number of hydrogen-bond donors (Lipinski definition) is 0. The summed E-state index contributed by atoms with van der Waals surface area (Å²) in [5, 5.41) is 0. The maximum atomic E-state index is 11.9. The fourth-order valence-electron chi connectivity index (χ4n) is 3.60. The molecule has 1 aliphatic rings. The molecule has 3 aromatic rings. The normalized spacial score (nSPS) is 15.3. The van der Waals surface area contributed by atoms with Crippen molar-refractivity contribution in [3.05, 3.63) is 58.4 Å². The van der Waals surface area contributed by atoms with Gasteiger partial charge in [-0.3, -0.25) is 4.79 Å². The molecule has 1 fully saturated rings. The molecule has 4 rings (SSSR count). The molecule has 3 aromatic heterocycles. The van der Waals surface area contributed by atoms with Crippen LogP contribution < -0.4 is 5.56 Å². The molecule has 0 aliphatic heterocycles. The molecule has 1 aliphatic carbocycles. The summed E-state index contributed by atoms with van der Waals surface area (Å²) in [6, 6.07) is 5.99. The predicted octanol–water partition coefficient (Wildman–Crippen LogP) is 3.47. The van der Waals surface area contributed by atoms with Crippen LogP contribution in [0.4, 0.5) is 0 Å². The van der Waals surface area contributed by atoms with Crippen molar-refractivity contribution < 1.29 is 4.74 Å². The van der Waals surface area contributed by atoms with E-state index in [1.165, 1.54) is 25.7 Å². The summed E-state index contributed by atoms with van der Waals surface area (Å²) >= 11 is 0. The SMILES string of the molecule is Cc1cc(-c2ccc3ncc(COC4CCCC4)n3c2)cn(C)c1=O. The minimum atomic E-state index is 0.0399. The molecular formula is C20H23N3O2. The number of aromatic nitrogens is 3. The standard InChI is InChI=1S/C20H23N3O2/c1-14-9-16(11-22(2)20(14)24)15-7-8-19-21-10-17(23(19)12-15)13-25-18-5-3-4-6-18/h7-12,18H,3-6,13H2,1-2H3. The van der Waals surface area contributed by atoms with Crippen LogP contribution in [0.5, 0.6) is 0 Å². The van der Waals surface area contributed by atoms with Crippen LogP contribution in [0.15, 0.2) is 41.6 Å². The minimum Gasteiger partial charge on any atom is -0.372 e. The van der Waals surface area contributed by atoms with Gasteiger partial charge in [0.15, 0.2) is 0 Å². The second kappa shape index (κ2) is 6.48. The summed E-state index contributed by atoms with van der Waals surface area (Å²) in [6.07, 6.45) is 11.1. The Morgan fingerprint density at radius 1 is 1.20 bits per heavy atom. The van der Waals surface area contributed by atoms with Gasteiger partial charge in [-0.2, -0.15) is 0 Å². The molecular weight excluding hydrogens is 314 g/mol. The minimum absolute atomic E-state index is 0.0399. The van der Waals surface area contributed by atoms with Gasteiger partial charge in [-0.25, -0.2) is 4.98 Å². The van der Waals surface area contributed by atoms with Gasteiger partial charge in [0, 0.05) is 25.0 Å². The summed E-state index contributed by atoms with van der Waals surface area (Å²) in [5.74, 6) is 0. The van der Waals surface area contributed by atoms with E-state index in [0.29, 0.717) is 12.7 Å². The van der Waals surface area contributed by atoms with Crippen molar-refractivity contribution >= 4 is 5.65 Å². The average molecular weight is 337 g/mol. The van der Waals surface area contributed by atoms with E-state index in [4.69, 9.17) is 4.74 Å². The first-order valence-corrected chi connectivity index (χ1v) is 8.87. The fourth-order valence-corrected chi connectivity index (χ4v) is 3.60. The molecule has 0 spiro atoms. The lowest BCUT2D eigenvalue weighted by Gasteiger charge is -2.11. The molecule has 0 unspecified atom stereocenters. The first kappa shape index (κ1) is 16.1. The van der Waals surface area contributed by atoms with Crippen molar-refractivity contribution in [1.29, 1.82) is 0 Å². The molecule has 0 atom stereocenters. The van der Waals surface area contributed by atoms with Crippen molar-refractivity contribution in [3.63, 3.8) is 0 Å². The highest BCUT2D eigenvalue weighted by atomic mass is 16.5. The number of hydrogen-bond acceptors (Lipinski definition) is 3. The quantitative estimate of drug-likeness (QED) is 0.732. The molecule has 25 heavy (non-hydrogen) atoms. The van der Waals surface area contributed by atoms with Gasteiger partial charge in [-0.1, -0.05) is 12.8 Å². The van der Waals surface area contributed by atoms with Crippen LogP contribution >= 0.6 is 0 Å². The molecule has 5 nitrogen and oxygen atoms in total. The molecule has 0 saturated heterocycles. The molecule has 0 aromatic carbocycles. The van der Waals surface area contributed by atoms with Gasteiger partial charge in [0.1, 0.15) is 5.65 Å². The molecule has 5 heteroatoms. The maximum absolute atomic E-state index is 11.9. The van der Waals surface area contributed by atoms with Crippen molar-refractivity contribution in [2.45, 2.75) is 45.3 Å². The highest BCUT2D eigenvalue weighted by Gasteiger charge is 2.16. The largest absolute Gasteiger partial charge is 0.372 e. The average Bonchev–Trinajstić information content (AvgIpc) is 3.26. The molecule has 130 valence electrons. The van der Waals surface area contributed by atoms with Gasteiger partial charge in [0.25, 0.3) is 5.56 Å². The van der Waals surface area contributed by atoms with Crippen LogP contribution in [0.1, 0.15) is 36.9 Å². The Morgan fingerprint density at radius 2 is 2.00 bits per heavy atom. The third-order valence-corrected chi connectivity index (χ3v) is 5.05. The second-order valence-corrected chi connectivity index (χ2v) is 6.94. The van der Waals surface area contributed by atoms with Crippen molar-refractivity contribution in [1.82, 2.24) is 14.0 Å². The highest BCUT2D eigenvalue weighted by molar-refractivity contribution is 5.64. The molecule has 0 N–H and O–H groups in total. The van der Waals surface area contributed by atoms with Gasteiger partial charge in [-0.15, -0.1) is 0 Å². The summed E-state index contributed by atoms with van der Waals surface area (Å²) < 4.78 is 9.77. The number of rotatable bonds is 4. The van der Waals surface area contributed by atoms with Gasteiger partial charge in [0.2, 0.25) is 0 Å². The Balaban J connectivity index is 1.67. The summed E-state index contributed by atoms with van der Waals surface area (Å²) in [7, 11) is 1.79. The Bertz CT molecular complexity index is 938. The number of pyridine rings is 2. The third kappa shape index (κ3) is 3.12. The first-order chi connectivity index (χ1) is 12.1. The van der Waals surface area contributed by atoms with Crippen LogP contribution in [-0.4, -0.2) is 20.1 Å². The fraction of sp³-hybridized carbons (Fsp3) is 0.400. The lowest BCUT2D eigenvalue weighted by atomic mass is 10.1. The lowest BCUT2D eigenvalue weighted by molar-refractivity contribution is 0.0434. The molecule has 0 radical (unpaired) electrons. The van der Waals surface area contributed by atoms with Gasteiger partial charge in [-0.05, 0) is 49.1 Å². The van der Waals surface area contributed by atoms with Crippen molar-refractivity contribution in [2.75, 3.05) is 0 Å². The zero-order chi connectivity index (χ0) is 17.4. The molecule has 1 saturated carbocycles. The number of nitrogens with zero attached hydrogens (tertiary/aromatic N) is 3. The van der Waals surface area contributed by atoms with E-state index in [1.807, 2.05) is 37.5 Å². The highest BCUT2D eigenvalue weighted by Crippen LogP contribution is 2.24. The van der Waals surface area contributed by atoms with E-state index < -0.39 is 0 Å². The Labute approximate surface area is 146 Å². The first-order valence-electron chi connectivity index (χ1n) is 8.87. The van der Waals surface area contributed by atoms with Crippen molar-refractivity contribution in [3.8, 4) is 11.1 Å². The van der Waals surface area contributed by atoms with Crippen LogP contribution in [0.3, 0.4) is 0 Å². The van der Waals surface area contributed by atoms with Crippen LogP contribution in [0.25, 0.3) is 16.8 Å². The maximum Gasteiger partial charge on any atom is 0.253 e. The molecule has 3 heterocycles. The smallest absolute Gasteiger partial charge is 0.253 e. The second-order valence-electron chi connectivity index (χ2n) is 6.94. The number of ether oxygens (including phenoxy) is 1. The summed E-state index contributed by atoms with van der Waals surface area (Å²) in [6.45, 7) is 2.43. The van der Waals surface area contributed by atoms with Gasteiger partial charge >= 0.3 is 0 Å². The van der Waals surface area contributed by atoms with E-state index >= 15 is 0 Å². The molecule has 0 amide bonds. The Morgan fingerprint density at radius 3 is 2.76 bits per heavy atom. The van der Waals surface area contributed by atoms with Crippen LogP contribution in [0.2, 0.25) is 0 Å². The Hall–Kier alpha value is -2.40. The third-order valence-electron chi connectivity index (χ3n) is 5.05. The topological polar surface area (TPSA) is 48.5 Å². The van der Waals surface area contributed by atoms with Gasteiger partial charge < -0.3 is 13.7 Å². The Kier molecular flexibility index (Phi) is 4.17. The number of fused-ring (bicyclic) bond motifs is 1. The van der Waals surface area contributed by atoms with E-state index in [9.17, 15) is 4.79 Å². The van der Waals surface area contributed by atoms with Gasteiger partial charge in [0.05, 0.1) is 24.6 Å². The predicted molar refractivity (Wildman–Crippen MR) is 97.7 cm³/mol. The lowest BCUT2D eigenvalue weighted by Crippen LogP contribution is -2.18. The van der Waals surface area contributed by atoms with E-state index in [0.717, 1.165) is 28.0 Å². The summed E-state index contributed by atoms with van der Waals surface area (Å²) in [4.78, 5) is 16.4. The van der Waals surface area contributed by atoms with Crippen LogP contribution in [0, 0.1) is 6.92 Å². The number of imidazole rings is 1. The summed E-state index contributed by atoms with van der Waals surface area (Å²) in [5.41, 5.74) is 4.85. The van der Waals surface area contributed by atoms with E-state index in [1.54, 1.807) is 11.6 Å².